The molecule has 0 saturated carbocycles. The van der Waals surface area contributed by atoms with Crippen molar-refractivity contribution in [2.45, 2.75) is 6.04 Å². The lowest BCUT2D eigenvalue weighted by Gasteiger charge is -2.34. The van der Waals surface area contributed by atoms with Gasteiger partial charge in [0.2, 0.25) is 0 Å². The van der Waals surface area contributed by atoms with Crippen LogP contribution in [0.4, 0.5) is 0 Å². The van der Waals surface area contributed by atoms with Gasteiger partial charge >= 0.3 is 0 Å². The molecule has 6 nitrogen and oxygen atoms in total. The maximum Gasteiger partial charge on any atom is 0.260 e. The van der Waals surface area contributed by atoms with Gasteiger partial charge < -0.3 is 0 Å². The predicted octanol–water partition coefficient (Wildman–Crippen LogP) is 3.85. The zero-order chi connectivity index (χ0) is 25.1. The van der Waals surface area contributed by atoms with E-state index in [-0.39, 0.29) is 30.8 Å². The first kappa shape index (κ1) is 22.8. The first-order chi connectivity index (χ1) is 17.4. The van der Waals surface area contributed by atoms with Gasteiger partial charge in [0.1, 0.15) is 15.0 Å². The number of fused-ring (bicyclic) bond motifs is 3. The minimum absolute atomic E-state index is 0.0644. The first-order valence-corrected chi connectivity index (χ1v) is 12.5. The summed E-state index contributed by atoms with van der Waals surface area (Å²) in [6.45, 7) is 0.129. The van der Waals surface area contributed by atoms with Gasteiger partial charge in [0.15, 0.2) is 0 Å². The third-order valence-electron chi connectivity index (χ3n) is 6.73. The van der Waals surface area contributed by atoms with E-state index in [0.717, 1.165) is 0 Å². The summed E-state index contributed by atoms with van der Waals surface area (Å²) in [5, 5.41) is 0. The normalized spacial score (nSPS) is 16.4. The van der Waals surface area contributed by atoms with E-state index in [4.69, 9.17) is 36.7 Å². The highest BCUT2D eigenvalue weighted by atomic mass is 32.1. The largest absolute Gasteiger partial charge is 0.296 e. The van der Waals surface area contributed by atoms with Crippen molar-refractivity contribution in [1.82, 2.24) is 14.7 Å². The Bertz CT molecular complexity index is 1370. The van der Waals surface area contributed by atoms with Gasteiger partial charge in [0.25, 0.3) is 17.7 Å². The number of amides is 3. The quantitative estimate of drug-likeness (QED) is 0.470. The number of hydrogen-bond acceptors (Lipinski definition) is 6. The number of benzene rings is 3. The van der Waals surface area contributed by atoms with Crippen molar-refractivity contribution in [2.75, 3.05) is 13.1 Å². The molecule has 3 aromatic rings. The van der Waals surface area contributed by atoms with Crippen molar-refractivity contribution in [3.8, 4) is 0 Å². The molecule has 0 fully saturated rings. The molecule has 3 aromatic carbocycles. The van der Waals surface area contributed by atoms with E-state index < -0.39 is 6.04 Å². The highest BCUT2D eigenvalue weighted by molar-refractivity contribution is 7.81. The fourth-order valence-electron chi connectivity index (χ4n) is 4.99. The van der Waals surface area contributed by atoms with Gasteiger partial charge in [-0.25, -0.2) is 0 Å². The highest BCUT2D eigenvalue weighted by Gasteiger charge is 2.43. The molecule has 0 N–H and O–H groups in total. The highest BCUT2D eigenvalue weighted by Crippen LogP contribution is 2.31. The number of rotatable bonds is 5. The van der Waals surface area contributed by atoms with Crippen LogP contribution in [-0.2, 0) is 0 Å². The van der Waals surface area contributed by atoms with Gasteiger partial charge in [0, 0.05) is 29.8 Å². The molecule has 3 heterocycles. The molecular formula is C27H17N3O3S3. The van der Waals surface area contributed by atoms with Crippen LogP contribution in [0.5, 0.6) is 0 Å². The second kappa shape index (κ2) is 8.48. The average Bonchev–Trinajstić information content (AvgIpc) is 3.40. The van der Waals surface area contributed by atoms with Crippen LogP contribution in [0.25, 0.3) is 0 Å². The monoisotopic (exact) mass is 527 g/mol. The maximum atomic E-state index is 13.5. The lowest BCUT2D eigenvalue weighted by molar-refractivity contribution is 0.0707. The molecule has 9 heteroatoms. The third-order valence-corrected chi connectivity index (χ3v) is 8.03. The summed E-state index contributed by atoms with van der Waals surface area (Å²) in [5.41, 5.74) is 3.52. The Morgan fingerprint density at radius 3 is 1.19 bits per heavy atom. The van der Waals surface area contributed by atoms with Crippen molar-refractivity contribution >= 4 is 69.3 Å². The van der Waals surface area contributed by atoms with Crippen molar-refractivity contribution in [1.29, 1.82) is 0 Å². The Labute approximate surface area is 223 Å². The Hall–Kier alpha value is -3.66. The molecular weight excluding hydrogens is 511 g/mol. The van der Waals surface area contributed by atoms with Gasteiger partial charge in [-0.3, -0.25) is 29.1 Å². The summed E-state index contributed by atoms with van der Waals surface area (Å²) in [7, 11) is 0. The van der Waals surface area contributed by atoms with Gasteiger partial charge in [-0.2, -0.15) is 0 Å². The standard InChI is InChI=1S/C27H17N3O3S3/c31-22-16-7-1-4-10-19(16)25(34)28(22)13-15(30-24(33)18-9-3-6-12-21(18)27(30)36)14-29-23(32)17-8-2-5-11-20(17)26(29)35/h1-12,15H,13-14H2. The van der Waals surface area contributed by atoms with Crippen LogP contribution in [0, 0.1) is 0 Å². The zero-order valence-electron chi connectivity index (χ0n) is 18.7. The lowest BCUT2D eigenvalue weighted by atomic mass is 10.1. The molecule has 0 spiro atoms. The SMILES string of the molecule is O=C1c2ccccc2C(=S)N1CC(CN1C(=O)c2ccccc2C1=S)N1C(=O)c2ccccc2C1=S. The minimum atomic E-state index is -0.676. The van der Waals surface area contributed by atoms with Crippen molar-refractivity contribution in [3.63, 3.8) is 0 Å². The molecule has 3 amide bonds. The number of carbonyl (C=O) groups excluding carboxylic acids is 3. The summed E-state index contributed by atoms with van der Waals surface area (Å²) in [6.07, 6.45) is 0. The second-order valence-corrected chi connectivity index (χ2v) is 9.87. The molecule has 36 heavy (non-hydrogen) atoms. The molecule has 0 unspecified atom stereocenters. The van der Waals surface area contributed by atoms with E-state index in [1.54, 1.807) is 42.5 Å². The van der Waals surface area contributed by atoms with Gasteiger partial charge in [-0.1, -0.05) is 91.3 Å². The molecule has 0 aliphatic carbocycles. The van der Waals surface area contributed by atoms with E-state index >= 15 is 0 Å². The summed E-state index contributed by atoms with van der Waals surface area (Å²) < 4.78 is 0. The van der Waals surface area contributed by atoms with E-state index in [0.29, 0.717) is 48.3 Å². The van der Waals surface area contributed by atoms with E-state index in [9.17, 15) is 14.4 Å². The van der Waals surface area contributed by atoms with Crippen LogP contribution in [0.2, 0.25) is 0 Å². The number of hydrogen-bond donors (Lipinski definition) is 0. The van der Waals surface area contributed by atoms with Crippen LogP contribution < -0.4 is 0 Å². The summed E-state index contributed by atoms with van der Waals surface area (Å²) in [5.74, 6) is -0.755. The van der Waals surface area contributed by atoms with Crippen LogP contribution in [0.3, 0.4) is 0 Å². The molecule has 0 radical (unpaired) electrons. The van der Waals surface area contributed by atoms with Crippen molar-refractivity contribution in [2.24, 2.45) is 0 Å². The van der Waals surface area contributed by atoms with Crippen molar-refractivity contribution < 1.29 is 14.4 Å². The second-order valence-electron chi connectivity index (χ2n) is 8.71. The Kier molecular flexibility index (Phi) is 5.36. The van der Waals surface area contributed by atoms with Gasteiger partial charge in [-0.05, 0) is 18.2 Å². The van der Waals surface area contributed by atoms with Crippen LogP contribution >= 0.6 is 36.7 Å². The maximum absolute atomic E-state index is 13.5. The number of carbonyl (C=O) groups is 3. The Morgan fingerprint density at radius 1 is 0.500 bits per heavy atom. The van der Waals surface area contributed by atoms with Crippen LogP contribution in [0.1, 0.15) is 47.8 Å². The molecule has 0 saturated heterocycles. The van der Waals surface area contributed by atoms with E-state index in [2.05, 4.69) is 0 Å². The fraction of sp³-hybridized carbons (Fsp3) is 0.111. The topological polar surface area (TPSA) is 60.9 Å². The van der Waals surface area contributed by atoms with Crippen LogP contribution in [0.15, 0.2) is 72.8 Å². The molecule has 3 aliphatic heterocycles. The summed E-state index contributed by atoms with van der Waals surface area (Å²) in [4.78, 5) is 45.7. The third kappa shape index (κ3) is 3.27. The lowest BCUT2D eigenvalue weighted by Crippen LogP contribution is -2.53. The molecule has 176 valence electrons. The molecule has 0 bridgehead atoms. The fourth-order valence-corrected chi connectivity index (χ4v) is 6.07. The predicted molar refractivity (Wildman–Crippen MR) is 146 cm³/mol. The zero-order valence-corrected chi connectivity index (χ0v) is 21.2. The molecule has 6 rings (SSSR count). The first-order valence-electron chi connectivity index (χ1n) is 11.3. The molecule has 0 aromatic heterocycles. The van der Waals surface area contributed by atoms with Crippen LogP contribution in [-0.4, -0.2) is 66.5 Å². The smallest absolute Gasteiger partial charge is 0.260 e. The minimum Gasteiger partial charge on any atom is -0.296 e. The molecule has 0 atom stereocenters. The Balaban J connectivity index is 1.38. The Morgan fingerprint density at radius 2 is 0.833 bits per heavy atom. The number of nitrogens with zero attached hydrogens (tertiary/aromatic N) is 3. The summed E-state index contributed by atoms with van der Waals surface area (Å²) >= 11 is 17.0. The summed E-state index contributed by atoms with van der Waals surface area (Å²) in [6, 6.07) is 20.8. The average molecular weight is 528 g/mol. The van der Waals surface area contributed by atoms with E-state index in [1.165, 1.54) is 14.7 Å². The van der Waals surface area contributed by atoms with Crippen molar-refractivity contribution in [3.05, 3.63) is 106 Å². The molecule has 3 aliphatic rings. The number of thiocarbonyl (C=S) groups is 3. The van der Waals surface area contributed by atoms with Gasteiger partial charge in [-0.15, -0.1) is 0 Å². The van der Waals surface area contributed by atoms with Gasteiger partial charge in [0.05, 0.1) is 22.7 Å². The van der Waals surface area contributed by atoms with E-state index in [1.807, 2.05) is 30.3 Å².